The van der Waals surface area contributed by atoms with Crippen LogP contribution in [0.4, 0.5) is 0 Å². The van der Waals surface area contributed by atoms with Gasteiger partial charge in [0.15, 0.2) is 0 Å². The molecule has 20 heavy (non-hydrogen) atoms. The number of carbonyl (C=O) groups is 1. The molecule has 1 aromatic carbocycles. The zero-order valence-corrected chi connectivity index (χ0v) is 14.0. The summed E-state index contributed by atoms with van der Waals surface area (Å²) in [7, 11) is 0. The van der Waals surface area contributed by atoms with Crippen LogP contribution in [0.15, 0.2) is 39.4 Å². The Labute approximate surface area is 134 Å². The standard InChI is InChI=1S/C15H14Br2N2O/c16-12-3-1-2-10(6-12)7-15(20)19-13-4-5-18-9-11(13)8-14(19)17/h1-3,6,8,18H,4-5,7,9H2. The van der Waals surface area contributed by atoms with Crippen molar-refractivity contribution in [2.45, 2.75) is 19.4 Å². The molecule has 0 saturated carbocycles. The van der Waals surface area contributed by atoms with Crippen molar-refractivity contribution in [3.63, 3.8) is 0 Å². The molecule has 0 bridgehead atoms. The Hall–Kier alpha value is -0.910. The molecule has 104 valence electrons. The Bertz CT molecular complexity index is 664. The summed E-state index contributed by atoms with van der Waals surface area (Å²) in [5, 5.41) is 3.33. The van der Waals surface area contributed by atoms with Gasteiger partial charge in [0.1, 0.15) is 0 Å². The molecule has 1 aliphatic heterocycles. The third-order valence-corrected chi connectivity index (χ3v) is 4.57. The quantitative estimate of drug-likeness (QED) is 0.840. The fourth-order valence-corrected chi connectivity index (χ4v) is 3.72. The van der Waals surface area contributed by atoms with E-state index in [-0.39, 0.29) is 5.91 Å². The van der Waals surface area contributed by atoms with E-state index < -0.39 is 0 Å². The molecule has 0 spiro atoms. The first-order chi connectivity index (χ1) is 9.65. The van der Waals surface area contributed by atoms with Crippen LogP contribution >= 0.6 is 31.9 Å². The summed E-state index contributed by atoms with van der Waals surface area (Å²) in [5.74, 6) is 0.109. The molecule has 1 aromatic heterocycles. The van der Waals surface area contributed by atoms with Crippen molar-refractivity contribution >= 4 is 37.8 Å². The summed E-state index contributed by atoms with van der Waals surface area (Å²) < 4.78 is 3.67. The number of hydrogen-bond donors (Lipinski definition) is 1. The molecule has 0 fully saturated rings. The van der Waals surface area contributed by atoms with Crippen LogP contribution in [0, 0.1) is 0 Å². The van der Waals surface area contributed by atoms with Crippen LogP contribution in [0.25, 0.3) is 0 Å². The van der Waals surface area contributed by atoms with Gasteiger partial charge in [-0.05, 0) is 45.3 Å². The van der Waals surface area contributed by atoms with Gasteiger partial charge in [-0.15, -0.1) is 0 Å². The van der Waals surface area contributed by atoms with Gasteiger partial charge >= 0.3 is 0 Å². The van der Waals surface area contributed by atoms with Gasteiger partial charge in [-0.25, -0.2) is 0 Å². The molecule has 5 heteroatoms. The maximum Gasteiger partial charge on any atom is 0.236 e. The minimum Gasteiger partial charge on any atom is -0.312 e. The van der Waals surface area contributed by atoms with Crippen molar-refractivity contribution in [2.24, 2.45) is 0 Å². The Morgan fingerprint density at radius 1 is 1.30 bits per heavy atom. The van der Waals surface area contributed by atoms with Crippen molar-refractivity contribution in [1.82, 2.24) is 9.88 Å². The van der Waals surface area contributed by atoms with E-state index in [0.29, 0.717) is 6.42 Å². The van der Waals surface area contributed by atoms with Crippen molar-refractivity contribution in [3.05, 3.63) is 56.2 Å². The van der Waals surface area contributed by atoms with Crippen LogP contribution in [0.3, 0.4) is 0 Å². The first-order valence-electron chi connectivity index (χ1n) is 6.52. The highest BCUT2D eigenvalue weighted by molar-refractivity contribution is 9.10. The third-order valence-electron chi connectivity index (χ3n) is 3.50. The van der Waals surface area contributed by atoms with Crippen molar-refractivity contribution in [3.8, 4) is 0 Å². The van der Waals surface area contributed by atoms with Crippen LogP contribution in [-0.4, -0.2) is 17.0 Å². The summed E-state index contributed by atoms with van der Waals surface area (Å²) in [6.07, 6.45) is 1.30. The van der Waals surface area contributed by atoms with E-state index in [0.717, 1.165) is 39.8 Å². The third kappa shape index (κ3) is 2.75. The number of rotatable bonds is 2. The molecular weight excluding hydrogens is 384 g/mol. The maximum atomic E-state index is 12.6. The first kappa shape index (κ1) is 14.0. The lowest BCUT2D eigenvalue weighted by Gasteiger charge is -2.16. The van der Waals surface area contributed by atoms with Gasteiger partial charge in [0, 0.05) is 29.7 Å². The maximum absolute atomic E-state index is 12.6. The topological polar surface area (TPSA) is 34.0 Å². The number of halogens is 2. The van der Waals surface area contributed by atoms with Crippen molar-refractivity contribution in [1.29, 1.82) is 0 Å². The molecule has 1 N–H and O–H groups in total. The Morgan fingerprint density at radius 3 is 2.95 bits per heavy atom. The summed E-state index contributed by atoms with van der Waals surface area (Å²) in [4.78, 5) is 12.6. The summed E-state index contributed by atoms with van der Waals surface area (Å²) >= 11 is 6.95. The first-order valence-corrected chi connectivity index (χ1v) is 8.11. The molecule has 0 radical (unpaired) electrons. The molecular formula is C15H14Br2N2O. The zero-order chi connectivity index (χ0) is 14.1. The average molecular weight is 398 g/mol. The fraction of sp³-hybridized carbons (Fsp3) is 0.267. The van der Waals surface area contributed by atoms with Crippen LogP contribution in [0.2, 0.25) is 0 Å². The smallest absolute Gasteiger partial charge is 0.236 e. The van der Waals surface area contributed by atoms with Gasteiger partial charge in [0.05, 0.1) is 11.0 Å². The van der Waals surface area contributed by atoms with Crippen LogP contribution in [-0.2, 0) is 19.4 Å². The molecule has 3 nitrogen and oxygen atoms in total. The van der Waals surface area contributed by atoms with Gasteiger partial charge in [-0.2, -0.15) is 0 Å². The number of benzene rings is 1. The van der Waals surface area contributed by atoms with E-state index in [2.05, 4.69) is 37.2 Å². The van der Waals surface area contributed by atoms with Crippen molar-refractivity contribution < 1.29 is 4.79 Å². The highest BCUT2D eigenvalue weighted by Crippen LogP contribution is 2.24. The minimum atomic E-state index is 0.109. The van der Waals surface area contributed by atoms with Crippen LogP contribution in [0.5, 0.6) is 0 Å². The summed E-state index contributed by atoms with van der Waals surface area (Å²) in [5.41, 5.74) is 3.37. The van der Waals surface area contributed by atoms with Crippen molar-refractivity contribution in [2.75, 3.05) is 6.54 Å². The van der Waals surface area contributed by atoms with E-state index in [9.17, 15) is 4.79 Å². The Kier molecular flexibility index (Phi) is 4.10. The largest absolute Gasteiger partial charge is 0.312 e. The van der Waals surface area contributed by atoms with E-state index >= 15 is 0 Å². The predicted octanol–water partition coefficient (Wildman–Crippen LogP) is 3.54. The number of aromatic nitrogens is 1. The lowest BCUT2D eigenvalue weighted by molar-refractivity contribution is 0.0908. The second kappa shape index (κ2) is 5.84. The lowest BCUT2D eigenvalue weighted by atomic mass is 10.1. The van der Waals surface area contributed by atoms with Gasteiger partial charge in [0.2, 0.25) is 5.91 Å². The van der Waals surface area contributed by atoms with E-state index in [1.54, 1.807) is 0 Å². The molecule has 0 unspecified atom stereocenters. The molecule has 2 heterocycles. The van der Waals surface area contributed by atoms with E-state index in [4.69, 9.17) is 0 Å². The molecule has 3 rings (SSSR count). The highest BCUT2D eigenvalue weighted by Gasteiger charge is 2.21. The second-order valence-electron chi connectivity index (χ2n) is 4.90. The second-order valence-corrected chi connectivity index (χ2v) is 6.63. The molecule has 0 aliphatic carbocycles. The highest BCUT2D eigenvalue weighted by atomic mass is 79.9. The molecule has 0 saturated heterocycles. The SMILES string of the molecule is O=C(Cc1cccc(Br)c1)n1c(Br)cc2c1CCNC2. The average Bonchev–Trinajstić information content (AvgIpc) is 2.74. The van der Waals surface area contributed by atoms with Gasteiger partial charge in [-0.1, -0.05) is 28.1 Å². The number of nitrogens with one attached hydrogen (secondary N) is 1. The number of hydrogen-bond acceptors (Lipinski definition) is 2. The molecule has 2 aromatic rings. The predicted molar refractivity (Wildman–Crippen MR) is 86.0 cm³/mol. The van der Waals surface area contributed by atoms with Crippen LogP contribution in [0.1, 0.15) is 21.6 Å². The monoisotopic (exact) mass is 396 g/mol. The zero-order valence-electron chi connectivity index (χ0n) is 10.8. The summed E-state index contributed by atoms with van der Waals surface area (Å²) in [6.45, 7) is 1.76. The van der Waals surface area contributed by atoms with Gasteiger partial charge in [-0.3, -0.25) is 9.36 Å². The van der Waals surface area contributed by atoms with E-state index in [1.165, 1.54) is 5.56 Å². The van der Waals surface area contributed by atoms with E-state index in [1.807, 2.05) is 34.9 Å². The fourth-order valence-electron chi connectivity index (χ4n) is 2.59. The molecule has 1 aliphatic rings. The number of fused-ring (bicyclic) bond motifs is 1. The number of carbonyl (C=O) groups excluding carboxylic acids is 1. The Morgan fingerprint density at radius 2 is 2.15 bits per heavy atom. The molecule has 0 atom stereocenters. The normalized spacial score (nSPS) is 14.1. The minimum absolute atomic E-state index is 0.109. The summed E-state index contributed by atoms with van der Waals surface area (Å²) in [6, 6.07) is 9.93. The van der Waals surface area contributed by atoms with Gasteiger partial charge < -0.3 is 5.32 Å². The molecule has 0 amide bonds. The number of nitrogens with zero attached hydrogens (tertiary/aromatic N) is 1. The van der Waals surface area contributed by atoms with Gasteiger partial charge in [0.25, 0.3) is 0 Å². The van der Waals surface area contributed by atoms with Crippen LogP contribution < -0.4 is 5.32 Å². The Balaban J connectivity index is 1.89. The lowest BCUT2D eigenvalue weighted by Crippen LogP contribution is -2.26.